The topological polar surface area (TPSA) is 28.2 Å². The summed E-state index contributed by atoms with van der Waals surface area (Å²) in [6.07, 6.45) is 7.11. The zero-order chi connectivity index (χ0) is 12.3. The average Bonchev–Trinajstić information content (AvgIpc) is 2.39. The SMILES string of the molecule is CNC1CCC(c2ccnc(N(C)C)c2)CC1. The third-order valence-corrected chi connectivity index (χ3v) is 3.83. The Kier molecular flexibility index (Phi) is 4.00. The summed E-state index contributed by atoms with van der Waals surface area (Å²) in [6.45, 7) is 0. The molecule has 3 heteroatoms. The van der Waals surface area contributed by atoms with E-state index in [-0.39, 0.29) is 0 Å². The van der Waals surface area contributed by atoms with Crippen LogP contribution < -0.4 is 10.2 Å². The van der Waals surface area contributed by atoms with Crippen LogP contribution in [0.1, 0.15) is 37.2 Å². The zero-order valence-electron chi connectivity index (χ0n) is 11.1. The Morgan fingerprint density at radius 2 is 1.94 bits per heavy atom. The highest BCUT2D eigenvalue weighted by Crippen LogP contribution is 2.33. The molecule has 1 N–H and O–H groups in total. The zero-order valence-corrected chi connectivity index (χ0v) is 11.1. The fraction of sp³-hybridized carbons (Fsp3) is 0.643. The quantitative estimate of drug-likeness (QED) is 0.869. The molecule has 0 atom stereocenters. The van der Waals surface area contributed by atoms with E-state index in [0.29, 0.717) is 0 Å². The molecule has 3 nitrogen and oxygen atoms in total. The van der Waals surface area contributed by atoms with Crippen molar-refractivity contribution in [2.24, 2.45) is 0 Å². The van der Waals surface area contributed by atoms with Gasteiger partial charge in [-0.2, -0.15) is 0 Å². The highest BCUT2D eigenvalue weighted by Gasteiger charge is 2.21. The van der Waals surface area contributed by atoms with Gasteiger partial charge in [-0.05, 0) is 56.3 Å². The summed E-state index contributed by atoms with van der Waals surface area (Å²) in [7, 11) is 6.16. The monoisotopic (exact) mass is 233 g/mol. The Labute approximate surface area is 104 Å². The molecule has 0 radical (unpaired) electrons. The molecule has 1 fully saturated rings. The Morgan fingerprint density at radius 3 is 2.53 bits per heavy atom. The van der Waals surface area contributed by atoms with Crippen LogP contribution in [0.5, 0.6) is 0 Å². The van der Waals surface area contributed by atoms with Crippen LogP contribution in [0.15, 0.2) is 18.3 Å². The van der Waals surface area contributed by atoms with Crippen molar-refractivity contribution in [1.29, 1.82) is 0 Å². The maximum absolute atomic E-state index is 4.38. The van der Waals surface area contributed by atoms with Gasteiger partial charge in [-0.25, -0.2) is 4.98 Å². The van der Waals surface area contributed by atoms with Gasteiger partial charge in [0.05, 0.1) is 0 Å². The van der Waals surface area contributed by atoms with Gasteiger partial charge in [0.1, 0.15) is 5.82 Å². The number of aromatic nitrogens is 1. The smallest absolute Gasteiger partial charge is 0.128 e. The summed E-state index contributed by atoms with van der Waals surface area (Å²) in [6, 6.07) is 5.14. The Hall–Kier alpha value is -1.09. The average molecular weight is 233 g/mol. The van der Waals surface area contributed by atoms with E-state index in [0.717, 1.165) is 17.8 Å². The summed E-state index contributed by atoms with van der Waals surface area (Å²) >= 11 is 0. The van der Waals surface area contributed by atoms with Gasteiger partial charge in [0.2, 0.25) is 0 Å². The molecule has 0 amide bonds. The lowest BCUT2D eigenvalue weighted by atomic mass is 9.82. The molecule has 0 saturated heterocycles. The van der Waals surface area contributed by atoms with E-state index in [9.17, 15) is 0 Å². The highest BCUT2D eigenvalue weighted by molar-refractivity contribution is 5.40. The Bertz CT molecular complexity index is 354. The van der Waals surface area contributed by atoms with Crippen LogP contribution in [0.2, 0.25) is 0 Å². The summed E-state index contributed by atoms with van der Waals surface area (Å²) in [4.78, 5) is 6.45. The van der Waals surface area contributed by atoms with Gasteiger partial charge in [-0.1, -0.05) is 0 Å². The number of hydrogen-bond acceptors (Lipinski definition) is 3. The lowest BCUT2D eigenvalue weighted by molar-refractivity contribution is 0.358. The molecule has 1 aliphatic carbocycles. The summed E-state index contributed by atoms with van der Waals surface area (Å²) in [5.41, 5.74) is 1.46. The first-order valence-corrected chi connectivity index (χ1v) is 6.51. The molecule has 94 valence electrons. The van der Waals surface area contributed by atoms with E-state index in [1.165, 1.54) is 31.2 Å². The lowest BCUT2D eigenvalue weighted by Gasteiger charge is -2.28. The van der Waals surface area contributed by atoms with Gasteiger partial charge < -0.3 is 10.2 Å². The Morgan fingerprint density at radius 1 is 1.24 bits per heavy atom. The summed E-state index contributed by atoms with van der Waals surface area (Å²) < 4.78 is 0. The van der Waals surface area contributed by atoms with Gasteiger partial charge in [0, 0.05) is 26.3 Å². The molecule has 17 heavy (non-hydrogen) atoms. The van der Waals surface area contributed by atoms with Crippen molar-refractivity contribution >= 4 is 5.82 Å². The third-order valence-electron chi connectivity index (χ3n) is 3.83. The number of anilines is 1. The molecule has 1 aromatic rings. The minimum Gasteiger partial charge on any atom is -0.363 e. The van der Waals surface area contributed by atoms with Gasteiger partial charge in [0.25, 0.3) is 0 Å². The molecular weight excluding hydrogens is 210 g/mol. The maximum Gasteiger partial charge on any atom is 0.128 e. The highest BCUT2D eigenvalue weighted by atomic mass is 15.1. The van der Waals surface area contributed by atoms with Crippen molar-refractivity contribution < 1.29 is 0 Å². The van der Waals surface area contributed by atoms with Crippen LogP contribution in [-0.2, 0) is 0 Å². The van der Waals surface area contributed by atoms with Crippen LogP contribution in [0, 0.1) is 0 Å². The first-order valence-electron chi connectivity index (χ1n) is 6.51. The predicted octanol–water partition coefficient (Wildman–Crippen LogP) is 2.39. The van der Waals surface area contributed by atoms with E-state index >= 15 is 0 Å². The van der Waals surface area contributed by atoms with Gasteiger partial charge in [-0.15, -0.1) is 0 Å². The number of nitrogens with zero attached hydrogens (tertiary/aromatic N) is 2. The van der Waals surface area contributed by atoms with Crippen molar-refractivity contribution in [3.8, 4) is 0 Å². The van der Waals surface area contributed by atoms with E-state index < -0.39 is 0 Å². The van der Waals surface area contributed by atoms with Crippen LogP contribution in [0.25, 0.3) is 0 Å². The van der Waals surface area contributed by atoms with Gasteiger partial charge in [0.15, 0.2) is 0 Å². The minimum absolute atomic E-state index is 0.723. The van der Waals surface area contributed by atoms with Crippen molar-refractivity contribution in [2.75, 3.05) is 26.0 Å². The summed E-state index contributed by atoms with van der Waals surface area (Å²) in [5, 5.41) is 3.38. The van der Waals surface area contributed by atoms with E-state index in [4.69, 9.17) is 0 Å². The first-order chi connectivity index (χ1) is 8.20. The van der Waals surface area contributed by atoms with E-state index in [1.54, 1.807) is 0 Å². The molecule has 0 bridgehead atoms. The molecule has 1 saturated carbocycles. The van der Waals surface area contributed by atoms with E-state index in [1.807, 2.05) is 20.3 Å². The molecule has 0 unspecified atom stereocenters. The standard InChI is InChI=1S/C14H23N3/c1-15-13-6-4-11(5-7-13)12-8-9-16-14(10-12)17(2)3/h8-11,13,15H,4-7H2,1-3H3. The molecule has 0 aliphatic heterocycles. The molecular formula is C14H23N3. The number of rotatable bonds is 3. The van der Waals surface area contributed by atoms with Gasteiger partial charge in [-0.3, -0.25) is 0 Å². The van der Waals surface area contributed by atoms with E-state index in [2.05, 4.69) is 34.4 Å². The maximum atomic E-state index is 4.38. The van der Waals surface area contributed by atoms with Crippen molar-refractivity contribution in [3.63, 3.8) is 0 Å². The third kappa shape index (κ3) is 2.97. The van der Waals surface area contributed by atoms with Crippen molar-refractivity contribution in [2.45, 2.75) is 37.6 Å². The second-order valence-electron chi connectivity index (χ2n) is 5.18. The Balaban J connectivity index is 2.05. The van der Waals surface area contributed by atoms with Crippen LogP contribution in [-0.4, -0.2) is 32.2 Å². The molecule has 2 rings (SSSR count). The second kappa shape index (κ2) is 5.50. The molecule has 1 aliphatic rings. The fourth-order valence-corrected chi connectivity index (χ4v) is 2.65. The number of nitrogens with one attached hydrogen (secondary N) is 1. The fourth-order valence-electron chi connectivity index (χ4n) is 2.65. The summed E-state index contributed by atoms with van der Waals surface area (Å²) in [5.74, 6) is 1.79. The molecule has 0 spiro atoms. The minimum atomic E-state index is 0.723. The normalized spacial score (nSPS) is 24.6. The lowest BCUT2D eigenvalue weighted by Crippen LogP contribution is -2.29. The molecule has 0 aromatic carbocycles. The largest absolute Gasteiger partial charge is 0.363 e. The predicted molar refractivity (Wildman–Crippen MR) is 72.6 cm³/mol. The van der Waals surface area contributed by atoms with Gasteiger partial charge >= 0.3 is 0 Å². The van der Waals surface area contributed by atoms with Crippen molar-refractivity contribution in [3.05, 3.63) is 23.9 Å². The first kappa shape index (κ1) is 12.4. The molecule has 1 heterocycles. The van der Waals surface area contributed by atoms with Crippen LogP contribution in [0.3, 0.4) is 0 Å². The van der Waals surface area contributed by atoms with Crippen LogP contribution >= 0.6 is 0 Å². The van der Waals surface area contributed by atoms with Crippen molar-refractivity contribution in [1.82, 2.24) is 10.3 Å². The molecule has 1 aromatic heterocycles. The second-order valence-corrected chi connectivity index (χ2v) is 5.18. The van der Waals surface area contributed by atoms with Crippen LogP contribution in [0.4, 0.5) is 5.82 Å². The number of hydrogen-bond donors (Lipinski definition) is 1. The number of pyridine rings is 1.